The van der Waals surface area contributed by atoms with Gasteiger partial charge in [-0.3, -0.25) is 9.98 Å². The summed E-state index contributed by atoms with van der Waals surface area (Å²) in [5.74, 6) is -0.295. The summed E-state index contributed by atoms with van der Waals surface area (Å²) in [4.78, 5) is 10.3. The maximum atomic E-state index is 13.9. The van der Waals surface area contributed by atoms with Gasteiger partial charge in [0, 0.05) is 27.6 Å². The van der Waals surface area contributed by atoms with Crippen LogP contribution < -0.4 is 0 Å². The first-order valence-corrected chi connectivity index (χ1v) is 8.70. The quantitative estimate of drug-likeness (QED) is 0.597. The number of para-hydroxylation sites is 1. The zero-order valence-electron chi connectivity index (χ0n) is 13.8. The number of aliphatic imine (C=N–C) groups is 1. The van der Waals surface area contributed by atoms with Crippen LogP contribution in [0, 0.1) is 12.7 Å². The summed E-state index contributed by atoms with van der Waals surface area (Å²) in [5.41, 5.74) is 4.62. The van der Waals surface area contributed by atoms with Crippen molar-refractivity contribution in [2.45, 2.75) is 30.5 Å². The number of halogens is 1. The van der Waals surface area contributed by atoms with Crippen LogP contribution in [-0.4, -0.2) is 15.6 Å². The van der Waals surface area contributed by atoms with E-state index < -0.39 is 0 Å². The van der Waals surface area contributed by atoms with E-state index in [2.05, 4.69) is 44.0 Å². The van der Waals surface area contributed by atoms with E-state index in [0.29, 0.717) is 5.52 Å². The minimum absolute atomic E-state index is 0.245. The van der Waals surface area contributed by atoms with Crippen molar-refractivity contribution in [1.29, 1.82) is 0 Å². The minimum Gasteiger partial charge on any atom is -0.267 e. The molecule has 0 aliphatic carbocycles. The van der Waals surface area contributed by atoms with Gasteiger partial charge in [-0.05, 0) is 38.5 Å². The van der Waals surface area contributed by atoms with Crippen molar-refractivity contribution in [3.63, 3.8) is 0 Å². The minimum atomic E-state index is -0.295. The van der Waals surface area contributed by atoms with Crippen LogP contribution in [0.1, 0.15) is 30.5 Å². The second-order valence-electron chi connectivity index (χ2n) is 6.50. The Morgan fingerprint density at radius 1 is 1.08 bits per heavy atom. The normalized spacial score (nSPS) is 15.9. The standard InChI is InChI=1S/C20H17FN2S/c1-12-6-4-8-15-17(23-20(2,3)24-19(12)15)14-10-13-7-5-9-16(21)18(13)22-11-14/h4-11H,1-3H3. The van der Waals surface area contributed by atoms with Crippen LogP contribution in [0.25, 0.3) is 10.9 Å². The van der Waals surface area contributed by atoms with E-state index in [-0.39, 0.29) is 10.7 Å². The Labute approximate surface area is 144 Å². The van der Waals surface area contributed by atoms with Gasteiger partial charge >= 0.3 is 0 Å². The van der Waals surface area contributed by atoms with Gasteiger partial charge in [-0.15, -0.1) is 0 Å². The third kappa shape index (κ3) is 2.51. The zero-order valence-corrected chi connectivity index (χ0v) is 14.6. The highest BCUT2D eigenvalue weighted by atomic mass is 32.2. The molecule has 0 fully saturated rings. The molecule has 0 N–H and O–H groups in total. The van der Waals surface area contributed by atoms with Crippen LogP contribution in [0.15, 0.2) is 58.5 Å². The lowest BCUT2D eigenvalue weighted by molar-refractivity contribution is 0.637. The fraction of sp³-hybridized carbons (Fsp3) is 0.200. The molecule has 4 heteroatoms. The molecule has 1 aliphatic rings. The number of hydrogen-bond donors (Lipinski definition) is 0. The number of aryl methyl sites for hydroxylation is 1. The Morgan fingerprint density at radius 3 is 2.71 bits per heavy atom. The van der Waals surface area contributed by atoms with Crippen LogP contribution in [0.3, 0.4) is 0 Å². The molecular weight excluding hydrogens is 319 g/mol. The summed E-state index contributed by atoms with van der Waals surface area (Å²) >= 11 is 1.78. The highest BCUT2D eigenvalue weighted by molar-refractivity contribution is 8.00. The molecule has 24 heavy (non-hydrogen) atoms. The summed E-state index contributed by atoms with van der Waals surface area (Å²) in [6.45, 7) is 6.35. The molecular formula is C20H17FN2S. The maximum absolute atomic E-state index is 13.9. The van der Waals surface area contributed by atoms with E-state index in [1.165, 1.54) is 16.5 Å². The van der Waals surface area contributed by atoms with E-state index in [0.717, 1.165) is 22.2 Å². The molecule has 0 saturated carbocycles. The van der Waals surface area contributed by atoms with Crippen molar-refractivity contribution in [1.82, 2.24) is 4.98 Å². The Hall–Kier alpha value is -2.20. The number of rotatable bonds is 1. The van der Waals surface area contributed by atoms with Gasteiger partial charge < -0.3 is 0 Å². The van der Waals surface area contributed by atoms with Crippen molar-refractivity contribution in [3.8, 4) is 0 Å². The lowest BCUT2D eigenvalue weighted by atomic mass is 9.99. The summed E-state index contributed by atoms with van der Waals surface area (Å²) < 4.78 is 13.9. The van der Waals surface area contributed by atoms with Gasteiger partial charge in [0.15, 0.2) is 0 Å². The monoisotopic (exact) mass is 336 g/mol. The van der Waals surface area contributed by atoms with Gasteiger partial charge in [0.1, 0.15) is 16.2 Å². The predicted octanol–water partition coefficient (Wildman–Crippen LogP) is 5.36. The number of aromatic nitrogens is 1. The molecule has 1 aromatic heterocycles. The maximum Gasteiger partial charge on any atom is 0.149 e. The highest BCUT2D eigenvalue weighted by Crippen LogP contribution is 2.43. The van der Waals surface area contributed by atoms with Gasteiger partial charge in [-0.2, -0.15) is 0 Å². The molecule has 2 aromatic carbocycles. The van der Waals surface area contributed by atoms with Crippen molar-refractivity contribution >= 4 is 28.4 Å². The third-order valence-corrected chi connectivity index (χ3v) is 5.47. The predicted molar refractivity (Wildman–Crippen MR) is 98.5 cm³/mol. The van der Waals surface area contributed by atoms with E-state index in [9.17, 15) is 4.39 Å². The molecule has 120 valence electrons. The Morgan fingerprint density at radius 2 is 1.88 bits per heavy atom. The molecule has 0 amide bonds. The Balaban J connectivity index is 1.95. The molecule has 3 aromatic rings. The van der Waals surface area contributed by atoms with Crippen LogP contribution in [0.4, 0.5) is 4.39 Å². The summed E-state index contributed by atoms with van der Waals surface area (Å²) in [6, 6.07) is 13.3. The topological polar surface area (TPSA) is 25.2 Å². The first kappa shape index (κ1) is 15.3. The molecule has 2 heterocycles. The molecule has 0 saturated heterocycles. The number of nitrogens with zero attached hydrogens (tertiary/aromatic N) is 2. The number of hydrogen-bond acceptors (Lipinski definition) is 3. The van der Waals surface area contributed by atoms with Gasteiger partial charge in [0.25, 0.3) is 0 Å². The van der Waals surface area contributed by atoms with Crippen LogP contribution in [0.5, 0.6) is 0 Å². The zero-order chi connectivity index (χ0) is 16.9. The van der Waals surface area contributed by atoms with Crippen LogP contribution >= 0.6 is 11.8 Å². The Kier molecular flexibility index (Phi) is 3.46. The van der Waals surface area contributed by atoms with Crippen LogP contribution in [-0.2, 0) is 0 Å². The van der Waals surface area contributed by atoms with Crippen molar-refractivity contribution in [2.24, 2.45) is 4.99 Å². The smallest absolute Gasteiger partial charge is 0.149 e. The third-order valence-electron chi connectivity index (χ3n) is 4.14. The van der Waals surface area contributed by atoms with Gasteiger partial charge in [-0.1, -0.05) is 42.1 Å². The highest BCUT2D eigenvalue weighted by Gasteiger charge is 2.29. The molecule has 0 unspecified atom stereocenters. The van der Waals surface area contributed by atoms with E-state index >= 15 is 0 Å². The number of benzene rings is 2. The number of pyridine rings is 1. The van der Waals surface area contributed by atoms with E-state index in [4.69, 9.17) is 4.99 Å². The molecule has 0 radical (unpaired) electrons. The van der Waals surface area contributed by atoms with Crippen molar-refractivity contribution < 1.29 is 4.39 Å². The molecule has 0 spiro atoms. The average molecular weight is 336 g/mol. The average Bonchev–Trinajstić information content (AvgIpc) is 2.54. The number of fused-ring (bicyclic) bond motifs is 2. The number of thioether (sulfide) groups is 1. The second-order valence-corrected chi connectivity index (χ2v) is 8.11. The fourth-order valence-electron chi connectivity index (χ4n) is 3.05. The second kappa shape index (κ2) is 5.42. The largest absolute Gasteiger partial charge is 0.267 e. The van der Waals surface area contributed by atoms with Crippen molar-refractivity contribution in [2.75, 3.05) is 0 Å². The summed E-state index contributed by atoms with van der Waals surface area (Å²) in [7, 11) is 0. The van der Waals surface area contributed by atoms with Gasteiger partial charge in [0.2, 0.25) is 0 Å². The lowest BCUT2D eigenvalue weighted by Crippen LogP contribution is -2.22. The van der Waals surface area contributed by atoms with Gasteiger partial charge in [0.05, 0.1) is 5.71 Å². The summed E-state index contributed by atoms with van der Waals surface area (Å²) in [5, 5.41) is 0.792. The molecule has 2 nitrogen and oxygen atoms in total. The molecule has 1 aliphatic heterocycles. The van der Waals surface area contributed by atoms with E-state index in [1.807, 2.05) is 12.1 Å². The summed E-state index contributed by atoms with van der Waals surface area (Å²) in [6.07, 6.45) is 1.72. The SMILES string of the molecule is Cc1cccc2c1SC(C)(C)N=C2c1cnc2c(F)cccc2c1. The Bertz CT molecular complexity index is 992. The first-order valence-electron chi connectivity index (χ1n) is 7.88. The first-order chi connectivity index (χ1) is 11.4. The van der Waals surface area contributed by atoms with E-state index in [1.54, 1.807) is 24.0 Å². The molecule has 0 atom stereocenters. The van der Waals surface area contributed by atoms with Gasteiger partial charge in [-0.25, -0.2) is 4.39 Å². The fourth-order valence-corrected chi connectivity index (χ4v) is 4.19. The van der Waals surface area contributed by atoms with Crippen molar-refractivity contribution in [3.05, 3.63) is 71.2 Å². The lowest BCUT2D eigenvalue weighted by Gasteiger charge is -2.29. The molecule has 4 rings (SSSR count). The molecule has 0 bridgehead atoms. The van der Waals surface area contributed by atoms with Crippen LogP contribution in [0.2, 0.25) is 0 Å².